The Balaban J connectivity index is 1.92. The first-order valence-electron chi connectivity index (χ1n) is 10.8. The molecule has 0 aliphatic rings. The molecule has 0 bridgehead atoms. The quantitative estimate of drug-likeness (QED) is 0.318. The molecule has 7 nitrogen and oxygen atoms in total. The van der Waals surface area contributed by atoms with Gasteiger partial charge in [0.25, 0.3) is 0 Å². The Morgan fingerprint density at radius 3 is 2.27 bits per heavy atom. The van der Waals surface area contributed by atoms with E-state index in [1.807, 2.05) is 52.0 Å². The Labute approximate surface area is 193 Å². The monoisotopic (exact) mass is 451 g/mol. The second-order valence-corrected chi connectivity index (χ2v) is 8.42. The summed E-state index contributed by atoms with van der Waals surface area (Å²) in [6.45, 7) is 7.34. The smallest absolute Gasteiger partial charge is 0.412 e. The van der Waals surface area contributed by atoms with E-state index in [4.69, 9.17) is 18.9 Å². The average molecular weight is 452 g/mol. The number of ether oxygens (including phenoxy) is 4. The highest BCUT2D eigenvalue weighted by molar-refractivity contribution is 6.02. The van der Waals surface area contributed by atoms with Gasteiger partial charge in [0.05, 0.1) is 12.8 Å². The van der Waals surface area contributed by atoms with E-state index in [-0.39, 0.29) is 5.97 Å². The van der Waals surface area contributed by atoms with Crippen LogP contribution in [-0.2, 0) is 9.53 Å². The van der Waals surface area contributed by atoms with E-state index in [9.17, 15) is 9.59 Å². The molecule has 3 aromatic carbocycles. The molecule has 0 saturated heterocycles. The molecule has 0 radical (unpaired) electrons. The van der Waals surface area contributed by atoms with Crippen molar-refractivity contribution in [3.63, 3.8) is 0 Å². The minimum absolute atomic E-state index is 0.309. The lowest BCUT2D eigenvalue weighted by molar-refractivity contribution is -0.134. The van der Waals surface area contributed by atoms with Crippen molar-refractivity contribution in [3.05, 3.63) is 54.6 Å². The molecule has 0 atom stereocenters. The van der Waals surface area contributed by atoms with Crippen molar-refractivity contribution in [2.24, 2.45) is 0 Å². The highest BCUT2D eigenvalue weighted by Gasteiger charge is 2.18. The van der Waals surface area contributed by atoms with Gasteiger partial charge in [0.15, 0.2) is 11.5 Å². The number of carbonyl (C=O) groups excluding carboxylic acids is 2. The lowest BCUT2D eigenvalue weighted by Gasteiger charge is -2.20. The lowest BCUT2D eigenvalue weighted by atomic mass is 10.1. The molecule has 0 fully saturated rings. The molecular weight excluding hydrogens is 422 g/mol. The third-order valence-corrected chi connectivity index (χ3v) is 4.56. The molecule has 7 heteroatoms. The van der Waals surface area contributed by atoms with E-state index in [0.29, 0.717) is 41.5 Å². The third kappa shape index (κ3) is 6.38. The van der Waals surface area contributed by atoms with Crippen LogP contribution >= 0.6 is 0 Å². The van der Waals surface area contributed by atoms with Crippen LogP contribution in [0.5, 0.6) is 23.0 Å². The molecule has 0 aliphatic carbocycles. The summed E-state index contributed by atoms with van der Waals surface area (Å²) in [6, 6.07) is 16.0. The molecule has 0 unspecified atom stereocenters. The van der Waals surface area contributed by atoms with Crippen LogP contribution in [0.1, 0.15) is 40.5 Å². The summed E-state index contributed by atoms with van der Waals surface area (Å²) < 4.78 is 22.4. The molecule has 3 aromatic rings. The number of hydrogen-bond acceptors (Lipinski definition) is 6. The maximum atomic E-state index is 12.3. The summed E-state index contributed by atoms with van der Waals surface area (Å²) in [7, 11) is 1.54. The van der Waals surface area contributed by atoms with E-state index in [0.717, 1.165) is 10.8 Å². The average Bonchev–Trinajstić information content (AvgIpc) is 2.74. The Morgan fingerprint density at radius 2 is 1.61 bits per heavy atom. The predicted molar refractivity (Wildman–Crippen MR) is 127 cm³/mol. The van der Waals surface area contributed by atoms with Crippen molar-refractivity contribution >= 4 is 28.5 Å². The van der Waals surface area contributed by atoms with Crippen LogP contribution < -0.4 is 19.5 Å². The van der Waals surface area contributed by atoms with Gasteiger partial charge >= 0.3 is 12.1 Å². The second kappa shape index (κ2) is 10.3. The van der Waals surface area contributed by atoms with Crippen LogP contribution in [0, 0.1) is 0 Å². The molecule has 0 spiro atoms. The zero-order chi connectivity index (χ0) is 24.0. The molecule has 174 valence electrons. The number of esters is 1. The number of nitrogens with one attached hydrogen (secondary N) is 1. The van der Waals surface area contributed by atoms with Crippen molar-refractivity contribution in [2.75, 3.05) is 12.4 Å². The molecular formula is C26H29NO6. The predicted octanol–water partition coefficient (Wildman–Crippen LogP) is 6.69. The van der Waals surface area contributed by atoms with Gasteiger partial charge in [-0.05, 0) is 51.5 Å². The number of amides is 1. The third-order valence-electron chi connectivity index (χ3n) is 4.56. The Kier molecular flexibility index (Phi) is 7.43. The maximum Gasteiger partial charge on any atom is 0.412 e. The van der Waals surface area contributed by atoms with E-state index in [1.54, 1.807) is 30.3 Å². The number of fused-ring (bicyclic) bond motifs is 1. The lowest BCUT2D eigenvalue weighted by Crippen LogP contribution is -2.27. The minimum atomic E-state index is -0.606. The molecule has 0 saturated carbocycles. The summed E-state index contributed by atoms with van der Waals surface area (Å²) in [5.41, 5.74) is -0.00753. The topological polar surface area (TPSA) is 83.1 Å². The number of anilines is 1. The van der Waals surface area contributed by atoms with E-state index in [2.05, 4.69) is 5.32 Å². The zero-order valence-electron chi connectivity index (χ0n) is 19.6. The first-order chi connectivity index (χ1) is 15.7. The van der Waals surface area contributed by atoms with Crippen molar-refractivity contribution in [3.8, 4) is 23.0 Å². The Morgan fingerprint density at radius 1 is 0.909 bits per heavy atom. The van der Waals surface area contributed by atoms with Gasteiger partial charge in [-0.25, -0.2) is 4.79 Å². The van der Waals surface area contributed by atoms with Gasteiger partial charge < -0.3 is 18.9 Å². The van der Waals surface area contributed by atoms with Crippen molar-refractivity contribution in [2.45, 2.75) is 46.1 Å². The number of carbonyl (C=O) groups is 2. The van der Waals surface area contributed by atoms with E-state index in [1.165, 1.54) is 7.11 Å². The van der Waals surface area contributed by atoms with Gasteiger partial charge in [0.1, 0.15) is 17.1 Å². The molecule has 0 aliphatic heterocycles. The van der Waals surface area contributed by atoms with Gasteiger partial charge in [0.2, 0.25) is 0 Å². The number of methoxy groups -OCH3 is 1. The summed E-state index contributed by atoms with van der Waals surface area (Å²) in [5.74, 6) is 1.51. The highest BCUT2D eigenvalue weighted by atomic mass is 16.6. The largest absolute Gasteiger partial charge is 0.493 e. The van der Waals surface area contributed by atoms with E-state index >= 15 is 0 Å². The number of rotatable bonds is 7. The summed E-state index contributed by atoms with van der Waals surface area (Å²) in [4.78, 5) is 24.2. The van der Waals surface area contributed by atoms with Crippen LogP contribution in [0.2, 0.25) is 0 Å². The summed E-state index contributed by atoms with van der Waals surface area (Å²) >= 11 is 0. The van der Waals surface area contributed by atoms with Crippen molar-refractivity contribution < 1.29 is 28.5 Å². The fourth-order valence-corrected chi connectivity index (χ4v) is 3.19. The molecule has 0 aromatic heterocycles. The molecule has 0 heterocycles. The minimum Gasteiger partial charge on any atom is -0.493 e. The SMILES string of the molecule is CCCC(=O)Oc1ccc(OC)c(Oc2ccc(NC(=O)OC(C)(C)C)c3ccccc23)c1. The fourth-order valence-electron chi connectivity index (χ4n) is 3.19. The Hall–Kier alpha value is -3.74. The summed E-state index contributed by atoms with van der Waals surface area (Å²) in [5, 5.41) is 4.36. The number of benzene rings is 3. The zero-order valence-corrected chi connectivity index (χ0v) is 19.6. The molecule has 33 heavy (non-hydrogen) atoms. The summed E-state index contributed by atoms with van der Waals surface area (Å²) in [6.07, 6.45) is 0.497. The van der Waals surface area contributed by atoms with Crippen molar-refractivity contribution in [1.82, 2.24) is 0 Å². The van der Waals surface area contributed by atoms with Crippen LogP contribution in [0.25, 0.3) is 10.8 Å². The Bertz CT molecular complexity index is 1150. The van der Waals surface area contributed by atoms with Gasteiger partial charge in [0, 0.05) is 23.3 Å². The van der Waals surface area contributed by atoms with E-state index < -0.39 is 11.7 Å². The van der Waals surface area contributed by atoms with Crippen LogP contribution in [0.4, 0.5) is 10.5 Å². The van der Waals surface area contributed by atoms with Crippen LogP contribution in [0.3, 0.4) is 0 Å². The van der Waals surface area contributed by atoms with Gasteiger partial charge in [-0.15, -0.1) is 0 Å². The molecule has 3 rings (SSSR count). The first kappa shape index (κ1) is 23.9. The maximum absolute atomic E-state index is 12.3. The first-order valence-corrected chi connectivity index (χ1v) is 10.8. The highest BCUT2D eigenvalue weighted by Crippen LogP contribution is 2.39. The van der Waals surface area contributed by atoms with Gasteiger partial charge in [-0.1, -0.05) is 31.2 Å². The van der Waals surface area contributed by atoms with Gasteiger partial charge in [-0.3, -0.25) is 10.1 Å². The molecule has 1 amide bonds. The molecule has 1 N–H and O–H groups in total. The fraction of sp³-hybridized carbons (Fsp3) is 0.308. The standard InChI is InChI=1S/C26H29NO6/c1-6-9-24(28)31-17-12-14-22(30-5)23(16-17)32-21-15-13-20(18-10-7-8-11-19(18)21)27-25(29)33-26(2,3)4/h7-8,10-16H,6,9H2,1-5H3,(H,27,29). The normalized spacial score (nSPS) is 11.1. The van der Waals surface area contributed by atoms with Crippen LogP contribution in [-0.4, -0.2) is 24.8 Å². The number of hydrogen-bond donors (Lipinski definition) is 1. The van der Waals surface area contributed by atoms with Crippen molar-refractivity contribution in [1.29, 1.82) is 0 Å². The van der Waals surface area contributed by atoms with Gasteiger partial charge in [-0.2, -0.15) is 0 Å². The second-order valence-electron chi connectivity index (χ2n) is 8.42. The van der Waals surface area contributed by atoms with Crippen LogP contribution in [0.15, 0.2) is 54.6 Å².